The van der Waals surface area contributed by atoms with E-state index >= 15 is 0 Å². The molecule has 0 saturated heterocycles. The minimum absolute atomic E-state index is 0.259. The van der Waals surface area contributed by atoms with Gasteiger partial charge in [-0.1, -0.05) is 32.6 Å². The molecule has 0 atom stereocenters. The van der Waals surface area contributed by atoms with Gasteiger partial charge in [-0.3, -0.25) is 0 Å². The third kappa shape index (κ3) is 2.57. The average molecular weight is 235 g/mol. The normalized spacial score (nSPS) is 15.5. The molecule has 9 heteroatoms. The van der Waals surface area contributed by atoms with Crippen molar-refractivity contribution in [3.05, 3.63) is 0 Å². The molecule has 0 nitrogen and oxygen atoms in total. The lowest BCUT2D eigenvalue weighted by Crippen LogP contribution is -2.63. The van der Waals surface area contributed by atoms with Gasteiger partial charge in [0.25, 0.3) is 0 Å². The van der Waals surface area contributed by atoms with Gasteiger partial charge in [-0.05, 0) is 5.41 Å². The molecule has 0 aliphatic carbocycles. The maximum atomic E-state index is 2.47. The molecule has 0 rings (SSSR count). The van der Waals surface area contributed by atoms with Crippen molar-refractivity contribution in [2.24, 2.45) is 10.8 Å². The van der Waals surface area contributed by atoms with Gasteiger partial charge in [0.05, 0.1) is 70.6 Å². The van der Waals surface area contributed by atoms with Crippen LogP contribution in [0, 0.1) is 10.8 Å². The molecule has 0 aromatic carbocycles. The Morgan fingerprint density at radius 3 is 0.889 bits per heavy atom. The van der Waals surface area contributed by atoms with E-state index in [1.807, 2.05) is 0 Å². The SMILES string of the molecule is BC(B)(B)C(C(B)(B)B)(C(B)(B)B)C(C)(C)CC. The second-order valence-corrected chi connectivity index (χ2v) is 9.74. The summed E-state index contributed by atoms with van der Waals surface area (Å²) >= 11 is 0. The van der Waals surface area contributed by atoms with E-state index in [0.29, 0.717) is 5.41 Å². The third-order valence-electron chi connectivity index (χ3n) is 5.27. The molecule has 0 radical (unpaired) electrons. The molecular weight excluding hydrogens is 205 g/mol. The van der Waals surface area contributed by atoms with Crippen molar-refractivity contribution >= 4 is 70.6 Å². The number of hydrogen-bond acceptors (Lipinski definition) is 0. The molecule has 0 aromatic heterocycles. The molecule has 0 aromatic rings. The highest BCUT2D eigenvalue weighted by atomic mass is 14.5. The Bertz CT molecular complexity index is 255. The molecule has 0 spiro atoms. The lowest BCUT2D eigenvalue weighted by molar-refractivity contribution is 0.0639. The Kier molecular flexibility index (Phi) is 5.01. The van der Waals surface area contributed by atoms with Crippen LogP contribution in [0.15, 0.2) is 0 Å². The molecule has 18 heavy (non-hydrogen) atoms. The Labute approximate surface area is 124 Å². The number of rotatable bonds is 5. The van der Waals surface area contributed by atoms with Crippen LogP contribution >= 0.6 is 0 Å². The largest absolute Gasteiger partial charge is 0.108 e. The van der Waals surface area contributed by atoms with Gasteiger partial charge in [-0.15, -0.1) is 15.3 Å². The molecule has 0 heterocycles. The molecule has 0 aliphatic heterocycles. The lowest BCUT2D eigenvalue weighted by atomic mass is 9.06. The van der Waals surface area contributed by atoms with E-state index in [-0.39, 0.29) is 20.8 Å². The Morgan fingerprint density at radius 2 is 0.833 bits per heavy atom. The van der Waals surface area contributed by atoms with Crippen molar-refractivity contribution in [1.82, 2.24) is 0 Å². The predicted molar refractivity (Wildman–Crippen MR) is 111 cm³/mol. The summed E-state index contributed by atoms with van der Waals surface area (Å²) in [5.74, 6) is 0. The van der Waals surface area contributed by atoms with Crippen LogP contribution in [0.5, 0.6) is 0 Å². The average Bonchev–Trinajstić information content (AvgIpc) is 1.94. The first-order chi connectivity index (χ1) is 7.56. The Hall–Kier alpha value is 0.584. The van der Waals surface area contributed by atoms with Gasteiger partial charge in [0, 0.05) is 0 Å². The second-order valence-electron chi connectivity index (χ2n) is 9.74. The van der Waals surface area contributed by atoms with Crippen LogP contribution in [0.25, 0.3) is 0 Å². The summed E-state index contributed by atoms with van der Waals surface area (Å²) < 4.78 is 0. The summed E-state index contributed by atoms with van der Waals surface area (Å²) in [7, 11) is 21.9. The minimum Gasteiger partial charge on any atom is -0.108 e. The van der Waals surface area contributed by atoms with E-state index in [0.717, 1.165) is 0 Å². The smallest absolute Gasteiger partial charge is 0.0913 e. The highest BCUT2D eigenvalue weighted by molar-refractivity contribution is 6.69. The van der Waals surface area contributed by atoms with Crippen LogP contribution in [0.2, 0.25) is 15.3 Å². The summed E-state index contributed by atoms with van der Waals surface area (Å²) in [5, 5.41) is 0.801. The maximum absolute atomic E-state index is 2.47. The van der Waals surface area contributed by atoms with E-state index in [2.05, 4.69) is 91.4 Å². The van der Waals surface area contributed by atoms with E-state index in [1.54, 1.807) is 0 Å². The summed E-state index contributed by atoms with van der Waals surface area (Å²) in [6.45, 7) is 7.28. The zero-order chi connectivity index (χ0) is 15.2. The van der Waals surface area contributed by atoms with E-state index < -0.39 is 0 Å². The van der Waals surface area contributed by atoms with Crippen LogP contribution in [-0.2, 0) is 0 Å². The van der Waals surface area contributed by atoms with E-state index in [4.69, 9.17) is 0 Å². The Balaban J connectivity index is 6.47. The van der Waals surface area contributed by atoms with Gasteiger partial charge < -0.3 is 0 Å². The fourth-order valence-corrected chi connectivity index (χ4v) is 6.69. The first-order valence-corrected chi connectivity index (χ1v) is 7.56. The van der Waals surface area contributed by atoms with Crippen LogP contribution in [0.1, 0.15) is 27.2 Å². The quantitative estimate of drug-likeness (QED) is 0.416. The van der Waals surface area contributed by atoms with Crippen molar-refractivity contribution in [2.45, 2.75) is 42.5 Å². The summed E-state index contributed by atoms with van der Waals surface area (Å²) in [5.41, 5.74) is 0.566. The molecular formula is C9H29B9. The van der Waals surface area contributed by atoms with Crippen LogP contribution in [0.3, 0.4) is 0 Å². The Morgan fingerprint density at radius 1 is 0.611 bits per heavy atom. The monoisotopic (exact) mass is 236 g/mol. The fourth-order valence-electron chi connectivity index (χ4n) is 6.69. The van der Waals surface area contributed by atoms with Crippen LogP contribution in [0.4, 0.5) is 0 Å². The molecule has 0 unspecified atom stereocenters. The molecule has 0 amide bonds. The molecule has 0 bridgehead atoms. The van der Waals surface area contributed by atoms with Crippen molar-refractivity contribution < 1.29 is 0 Å². The molecule has 92 valence electrons. The summed E-state index contributed by atoms with van der Waals surface area (Å²) in [6, 6.07) is 0. The van der Waals surface area contributed by atoms with Crippen molar-refractivity contribution in [3.8, 4) is 0 Å². The summed E-state index contributed by atoms with van der Waals surface area (Å²) in [6.07, 6.45) is 1.22. The van der Waals surface area contributed by atoms with Gasteiger partial charge in [-0.25, -0.2) is 0 Å². The molecule has 0 N–H and O–H groups in total. The predicted octanol–water partition coefficient (Wildman–Crippen LogP) is -5.67. The van der Waals surface area contributed by atoms with E-state index in [1.165, 1.54) is 6.42 Å². The molecule has 0 fully saturated rings. The third-order valence-corrected chi connectivity index (χ3v) is 5.27. The standard InChI is InChI=1S/C9H29B9/c1-4-5(2,3)6(7(10,11)12,8(13,14)15)9(16,17)18/h4,10-18H2,1-3H3. The lowest BCUT2D eigenvalue weighted by Gasteiger charge is -2.71. The van der Waals surface area contributed by atoms with Gasteiger partial charge in [-0.2, -0.15) is 0 Å². The van der Waals surface area contributed by atoms with Gasteiger partial charge >= 0.3 is 0 Å². The van der Waals surface area contributed by atoms with Crippen molar-refractivity contribution in [2.75, 3.05) is 0 Å². The first-order valence-electron chi connectivity index (χ1n) is 7.56. The second kappa shape index (κ2) is 4.85. The highest BCUT2D eigenvalue weighted by Crippen LogP contribution is 2.70. The zero-order valence-corrected chi connectivity index (χ0v) is 15.2. The highest BCUT2D eigenvalue weighted by Gasteiger charge is 2.61. The van der Waals surface area contributed by atoms with Gasteiger partial charge in [0.2, 0.25) is 0 Å². The molecule has 0 aliphatic rings. The first kappa shape index (κ1) is 18.6. The maximum Gasteiger partial charge on any atom is 0.0913 e. The van der Waals surface area contributed by atoms with Crippen molar-refractivity contribution in [1.29, 1.82) is 0 Å². The van der Waals surface area contributed by atoms with Crippen LogP contribution in [-0.4, -0.2) is 70.6 Å². The van der Waals surface area contributed by atoms with E-state index in [9.17, 15) is 0 Å². The summed E-state index contributed by atoms with van der Waals surface area (Å²) in [4.78, 5) is 0. The van der Waals surface area contributed by atoms with Crippen molar-refractivity contribution in [3.63, 3.8) is 0 Å². The van der Waals surface area contributed by atoms with Crippen LogP contribution < -0.4 is 0 Å². The molecule has 0 saturated carbocycles. The number of hydrogen-bond donors (Lipinski definition) is 0. The fraction of sp³-hybridized carbons (Fsp3) is 1.00. The topological polar surface area (TPSA) is 0 Å². The zero-order valence-electron chi connectivity index (χ0n) is 15.2. The van der Waals surface area contributed by atoms with Gasteiger partial charge in [0.1, 0.15) is 0 Å². The van der Waals surface area contributed by atoms with Gasteiger partial charge in [0.15, 0.2) is 0 Å². The minimum atomic E-state index is 0.259.